The van der Waals surface area contributed by atoms with Crippen molar-refractivity contribution in [2.45, 2.75) is 0 Å². The summed E-state index contributed by atoms with van der Waals surface area (Å²) < 4.78 is 23.7. The summed E-state index contributed by atoms with van der Waals surface area (Å²) in [4.78, 5) is 22.4. The summed E-state index contributed by atoms with van der Waals surface area (Å²) in [5, 5.41) is 0. The zero-order valence-electron chi connectivity index (χ0n) is 11.3. The molecule has 0 atom stereocenters. The lowest BCUT2D eigenvalue weighted by atomic mass is 10.1. The predicted octanol–water partition coefficient (Wildman–Crippen LogP) is 2.91. The van der Waals surface area contributed by atoms with E-state index in [0.717, 1.165) is 6.07 Å². The van der Waals surface area contributed by atoms with E-state index in [0.29, 0.717) is 17.6 Å². The van der Waals surface area contributed by atoms with Crippen LogP contribution in [0, 0.1) is 5.82 Å². The average molecular weight is 288 g/mol. The zero-order chi connectivity index (χ0) is 15.2. The van der Waals surface area contributed by atoms with Crippen LogP contribution in [0.25, 0.3) is 0 Å². The van der Waals surface area contributed by atoms with Crippen LogP contribution in [0.1, 0.15) is 20.7 Å². The fraction of sp³-hybridized carbons (Fsp3) is 0.125. The highest BCUT2D eigenvalue weighted by Gasteiger charge is 2.10. The number of Topliss-reactive ketones (excluding diaryl/α,β-unsaturated/α-hetero) is 1. The second-order valence-corrected chi connectivity index (χ2v) is 4.25. The van der Waals surface area contributed by atoms with Crippen LogP contribution in [-0.2, 0) is 0 Å². The Morgan fingerprint density at radius 2 is 1.90 bits per heavy atom. The van der Waals surface area contributed by atoms with E-state index in [2.05, 4.69) is 0 Å². The first-order valence-corrected chi connectivity index (χ1v) is 6.19. The fourth-order valence-electron chi connectivity index (χ4n) is 1.71. The molecule has 0 aliphatic heterocycles. The summed E-state index contributed by atoms with van der Waals surface area (Å²) in [7, 11) is 1.53. The number of halogens is 1. The molecule has 0 fully saturated rings. The SMILES string of the molecule is COc1ccc(C(=O)COc2ccc(C=O)cc2F)cc1. The number of ether oxygens (including phenoxy) is 2. The number of methoxy groups -OCH3 is 1. The van der Waals surface area contributed by atoms with Crippen molar-refractivity contribution in [2.24, 2.45) is 0 Å². The molecule has 0 amide bonds. The zero-order valence-corrected chi connectivity index (χ0v) is 11.3. The molecule has 0 radical (unpaired) electrons. The van der Waals surface area contributed by atoms with Crippen molar-refractivity contribution in [1.82, 2.24) is 0 Å². The van der Waals surface area contributed by atoms with Crippen molar-refractivity contribution >= 4 is 12.1 Å². The molecule has 2 aromatic rings. The average Bonchev–Trinajstić information content (AvgIpc) is 2.53. The lowest BCUT2D eigenvalue weighted by Gasteiger charge is -2.07. The number of rotatable bonds is 6. The topological polar surface area (TPSA) is 52.6 Å². The Labute approximate surface area is 121 Å². The van der Waals surface area contributed by atoms with Gasteiger partial charge in [-0.3, -0.25) is 9.59 Å². The van der Waals surface area contributed by atoms with Gasteiger partial charge in [0, 0.05) is 11.1 Å². The Kier molecular flexibility index (Phi) is 4.66. The van der Waals surface area contributed by atoms with Gasteiger partial charge in [0.1, 0.15) is 12.0 Å². The minimum Gasteiger partial charge on any atom is -0.497 e. The number of hydrogen-bond donors (Lipinski definition) is 0. The third-order valence-corrected chi connectivity index (χ3v) is 2.86. The highest BCUT2D eigenvalue weighted by atomic mass is 19.1. The molecule has 0 aromatic heterocycles. The van der Waals surface area contributed by atoms with Crippen molar-refractivity contribution in [3.05, 3.63) is 59.4 Å². The first-order valence-electron chi connectivity index (χ1n) is 6.19. The van der Waals surface area contributed by atoms with Crippen LogP contribution in [-0.4, -0.2) is 25.8 Å². The van der Waals surface area contributed by atoms with E-state index in [1.807, 2.05) is 0 Å². The highest BCUT2D eigenvalue weighted by molar-refractivity contribution is 5.97. The van der Waals surface area contributed by atoms with Crippen molar-refractivity contribution in [3.63, 3.8) is 0 Å². The number of ketones is 1. The highest BCUT2D eigenvalue weighted by Crippen LogP contribution is 2.18. The van der Waals surface area contributed by atoms with Gasteiger partial charge in [-0.25, -0.2) is 4.39 Å². The molecule has 5 heteroatoms. The number of hydrogen-bond acceptors (Lipinski definition) is 4. The molecule has 108 valence electrons. The van der Waals surface area contributed by atoms with Gasteiger partial charge in [-0.1, -0.05) is 0 Å². The first-order chi connectivity index (χ1) is 10.1. The normalized spacial score (nSPS) is 10.0. The third-order valence-electron chi connectivity index (χ3n) is 2.86. The summed E-state index contributed by atoms with van der Waals surface area (Å²) in [6.45, 7) is -0.288. The Hall–Kier alpha value is -2.69. The van der Waals surface area contributed by atoms with Crippen molar-refractivity contribution in [2.75, 3.05) is 13.7 Å². The van der Waals surface area contributed by atoms with Gasteiger partial charge in [-0.2, -0.15) is 0 Å². The minimum atomic E-state index is -0.679. The van der Waals surface area contributed by atoms with Gasteiger partial charge in [-0.05, 0) is 42.5 Å². The monoisotopic (exact) mass is 288 g/mol. The Morgan fingerprint density at radius 1 is 1.19 bits per heavy atom. The van der Waals surface area contributed by atoms with E-state index < -0.39 is 5.82 Å². The van der Waals surface area contributed by atoms with E-state index in [1.54, 1.807) is 24.3 Å². The lowest BCUT2D eigenvalue weighted by Crippen LogP contribution is -2.12. The molecule has 0 heterocycles. The molecule has 0 N–H and O–H groups in total. The fourth-order valence-corrected chi connectivity index (χ4v) is 1.71. The summed E-state index contributed by atoms with van der Waals surface area (Å²) in [6.07, 6.45) is 0.537. The van der Waals surface area contributed by atoms with E-state index in [9.17, 15) is 14.0 Å². The Bertz CT molecular complexity index is 650. The minimum absolute atomic E-state index is 0.0672. The predicted molar refractivity (Wildman–Crippen MR) is 74.6 cm³/mol. The molecule has 0 saturated carbocycles. The maximum absolute atomic E-state index is 13.6. The molecule has 0 spiro atoms. The largest absolute Gasteiger partial charge is 0.497 e. The van der Waals surface area contributed by atoms with Gasteiger partial charge in [-0.15, -0.1) is 0 Å². The Balaban J connectivity index is 2.01. The summed E-state index contributed by atoms with van der Waals surface area (Å²) >= 11 is 0. The quantitative estimate of drug-likeness (QED) is 0.606. The van der Waals surface area contributed by atoms with Gasteiger partial charge in [0.25, 0.3) is 0 Å². The van der Waals surface area contributed by atoms with Crippen molar-refractivity contribution in [1.29, 1.82) is 0 Å². The molecule has 0 aliphatic rings. The molecule has 2 aromatic carbocycles. The van der Waals surface area contributed by atoms with E-state index >= 15 is 0 Å². The van der Waals surface area contributed by atoms with Crippen LogP contribution in [0.3, 0.4) is 0 Å². The van der Waals surface area contributed by atoms with Crippen molar-refractivity contribution in [3.8, 4) is 11.5 Å². The summed E-state index contributed by atoms with van der Waals surface area (Å²) in [6, 6.07) is 10.3. The molecule has 0 saturated heterocycles. The standard InChI is InChI=1S/C16H13FO4/c1-20-13-5-3-12(4-6-13)15(19)10-21-16-7-2-11(9-18)8-14(16)17/h2-9H,10H2,1H3. The molecule has 21 heavy (non-hydrogen) atoms. The molecule has 2 rings (SSSR count). The van der Waals surface area contributed by atoms with Gasteiger partial charge < -0.3 is 9.47 Å². The number of aldehydes is 1. The maximum atomic E-state index is 13.6. The second kappa shape index (κ2) is 6.65. The third kappa shape index (κ3) is 3.66. The smallest absolute Gasteiger partial charge is 0.200 e. The van der Waals surface area contributed by atoms with E-state index in [-0.39, 0.29) is 23.7 Å². The van der Waals surface area contributed by atoms with Gasteiger partial charge in [0.2, 0.25) is 0 Å². The molecule has 0 unspecified atom stereocenters. The molecule has 4 nitrogen and oxygen atoms in total. The van der Waals surface area contributed by atoms with Gasteiger partial charge >= 0.3 is 0 Å². The van der Waals surface area contributed by atoms with Crippen LogP contribution in [0.4, 0.5) is 4.39 Å². The molecular formula is C16H13FO4. The maximum Gasteiger partial charge on any atom is 0.200 e. The molecular weight excluding hydrogens is 275 g/mol. The summed E-state index contributed by atoms with van der Waals surface area (Å²) in [5.41, 5.74) is 0.655. The van der Waals surface area contributed by atoms with E-state index in [1.165, 1.54) is 19.2 Å². The van der Waals surface area contributed by atoms with Gasteiger partial charge in [0.15, 0.2) is 24.0 Å². The van der Waals surface area contributed by atoms with Crippen LogP contribution in [0.2, 0.25) is 0 Å². The first kappa shape index (κ1) is 14.7. The number of benzene rings is 2. The van der Waals surface area contributed by atoms with Crippen LogP contribution >= 0.6 is 0 Å². The second-order valence-electron chi connectivity index (χ2n) is 4.25. The van der Waals surface area contributed by atoms with Gasteiger partial charge in [0.05, 0.1) is 7.11 Å². The van der Waals surface area contributed by atoms with Crippen LogP contribution in [0.5, 0.6) is 11.5 Å². The molecule has 0 bridgehead atoms. The summed E-state index contributed by atoms with van der Waals surface area (Å²) in [5.74, 6) is -0.385. The number of carbonyl (C=O) groups excluding carboxylic acids is 2. The number of carbonyl (C=O) groups is 2. The Morgan fingerprint density at radius 3 is 2.48 bits per heavy atom. The van der Waals surface area contributed by atoms with Crippen LogP contribution < -0.4 is 9.47 Å². The van der Waals surface area contributed by atoms with E-state index in [4.69, 9.17) is 9.47 Å². The van der Waals surface area contributed by atoms with Crippen LogP contribution in [0.15, 0.2) is 42.5 Å². The molecule has 0 aliphatic carbocycles. The van der Waals surface area contributed by atoms with Crippen molar-refractivity contribution < 1.29 is 23.5 Å². The lowest BCUT2D eigenvalue weighted by molar-refractivity contribution is 0.0918.